The number of benzene rings is 1. The Morgan fingerprint density at radius 3 is 2.57 bits per heavy atom. The quantitative estimate of drug-likeness (QED) is 0.583. The number of dihydropyridines is 1. The second kappa shape index (κ2) is 8.81. The number of hydrogen-bond acceptors (Lipinski definition) is 6. The first-order valence-electron chi connectivity index (χ1n) is 12.6. The number of allylic oxidation sites excluding steroid dienone is 3. The zero-order valence-corrected chi connectivity index (χ0v) is 21.0. The molecule has 0 bridgehead atoms. The van der Waals surface area contributed by atoms with Crippen molar-refractivity contribution in [3.63, 3.8) is 0 Å². The first-order chi connectivity index (χ1) is 16.6. The zero-order chi connectivity index (χ0) is 24.9. The number of hydrogen-bond donors (Lipinski definition) is 1. The average Bonchev–Trinajstić information content (AvgIpc) is 2.78. The largest absolute Gasteiger partial charge is 0.464 e. The van der Waals surface area contributed by atoms with E-state index in [1.165, 1.54) is 6.26 Å². The number of Topliss-reactive ketones (excluding diaryl/α,β-unsaturated/α-hetero) is 1. The van der Waals surface area contributed by atoms with E-state index in [1.54, 1.807) is 12.1 Å². The fourth-order valence-electron chi connectivity index (χ4n) is 5.87. The highest BCUT2D eigenvalue weighted by Gasteiger charge is 2.44. The molecule has 1 aliphatic heterocycles. The van der Waals surface area contributed by atoms with Crippen LogP contribution in [0, 0.1) is 12.3 Å². The van der Waals surface area contributed by atoms with Gasteiger partial charge in [-0.3, -0.25) is 9.59 Å². The summed E-state index contributed by atoms with van der Waals surface area (Å²) in [4.78, 5) is 40.9. The minimum Gasteiger partial charge on any atom is -0.464 e. The fraction of sp³-hybridized carbons (Fsp3) is 0.483. The molecular weight excluding hydrogens is 442 g/mol. The lowest BCUT2D eigenvalue weighted by Crippen LogP contribution is -2.40. The van der Waals surface area contributed by atoms with Gasteiger partial charge in [0, 0.05) is 29.0 Å². The van der Waals surface area contributed by atoms with Crippen LogP contribution in [0.25, 0.3) is 11.0 Å². The molecule has 1 atom stereocenters. The summed E-state index contributed by atoms with van der Waals surface area (Å²) in [5, 5.41) is 3.79. The Morgan fingerprint density at radius 2 is 1.83 bits per heavy atom. The Bertz CT molecular complexity index is 1340. The summed E-state index contributed by atoms with van der Waals surface area (Å²) in [6, 6.07) is 5.46. The van der Waals surface area contributed by atoms with Crippen molar-refractivity contribution in [2.45, 2.75) is 84.7 Å². The molecule has 1 N–H and O–H groups in total. The lowest BCUT2D eigenvalue weighted by atomic mass is 9.68. The Hall–Kier alpha value is -3.15. The molecule has 1 unspecified atom stereocenters. The second-order valence-electron chi connectivity index (χ2n) is 11.1. The normalized spacial score (nSPS) is 22.7. The first kappa shape index (κ1) is 23.6. The summed E-state index contributed by atoms with van der Waals surface area (Å²) >= 11 is 0. The van der Waals surface area contributed by atoms with E-state index in [1.807, 2.05) is 19.9 Å². The van der Waals surface area contributed by atoms with Crippen LogP contribution >= 0.6 is 0 Å². The highest BCUT2D eigenvalue weighted by Crippen LogP contribution is 2.46. The van der Waals surface area contributed by atoms with Gasteiger partial charge in [-0.2, -0.15) is 0 Å². The molecule has 0 saturated heterocycles. The average molecular weight is 476 g/mol. The number of aryl methyl sites for hydroxylation is 1. The van der Waals surface area contributed by atoms with Gasteiger partial charge in [-0.15, -0.1) is 0 Å². The molecule has 3 aliphatic rings. The third-order valence-corrected chi connectivity index (χ3v) is 7.55. The fourth-order valence-corrected chi connectivity index (χ4v) is 5.87. The third kappa shape index (κ3) is 4.35. The highest BCUT2D eigenvalue weighted by molar-refractivity contribution is 6.04. The summed E-state index contributed by atoms with van der Waals surface area (Å²) < 4.78 is 11.8. The molecule has 2 aliphatic carbocycles. The SMILES string of the molecule is CC1=C(C(=O)OC2CCCCC2)C(c2coc3ccc(C)cc3c2=O)C2=C(CC(C)(C)CC2=O)N1. The van der Waals surface area contributed by atoms with Crippen LogP contribution < -0.4 is 10.7 Å². The number of carbonyl (C=O) groups excluding carboxylic acids is 2. The zero-order valence-electron chi connectivity index (χ0n) is 21.0. The van der Waals surface area contributed by atoms with E-state index in [9.17, 15) is 14.4 Å². The Labute approximate surface area is 205 Å². The summed E-state index contributed by atoms with van der Waals surface area (Å²) in [7, 11) is 0. The van der Waals surface area contributed by atoms with Crippen LogP contribution in [-0.2, 0) is 14.3 Å². The van der Waals surface area contributed by atoms with Gasteiger partial charge in [-0.05, 0) is 63.5 Å². The van der Waals surface area contributed by atoms with Gasteiger partial charge in [0.15, 0.2) is 11.2 Å². The highest BCUT2D eigenvalue weighted by atomic mass is 16.5. The number of rotatable bonds is 3. The lowest BCUT2D eigenvalue weighted by Gasteiger charge is -2.39. The van der Waals surface area contributed by atoms with Crippen molar-refractivity contribution in [1.29, 1.82) is 0 Å². The maximum absolute atomic E-state index is 13.8. The van der Waals surface area contributed by atoms with Crippen molar-refractivity contribution >= 4 is 22.7 Å². The van der Waals surface area contributed by atoms with Gasteiger partial charge in [0.2, 0.25) is 0 Å². The first-order valence-corrected chi connectivity index (χ1v) is 12.6. The predicted molar refractivity (Wildman–Crippen MR) is 134 cm³/mol. The predicted octanol–water partition coefficient (Wildman–Crippen LogP) is 5.58. The number of nitrogens with one attached hydrogen (secondary N) is 1. The minimum atomic E-state index is -0.813. The van der Waals surface area contributed by atoms with Crippen molar-refractivity contribution in [3.05, 3.63) is 68.4 Å². The van der Waals surface area contributed by atoms with Crippen LogP contribution in [0.5, 0.6) is 0 Å². The molecule has 1 aromatic heterocycles. The van der Waals surface area contributed by atoms with E-state index >= 15 is 0 Å². The molecule has 184 valence electrons. The summed E-state index contributed by atoms with van der Waals surface area (Å²) in [6.07, 6.45) is 7.21. The summed E-state index contributed by atoms with van der Waals surface area (Å²) in [5.41, 5.74) is 3.53. The van der Waals surface area contributed by atoms with Crippen molar-refractivity contribution < 1.29 is 18.7 Å². The number of ketones is 1. The Balaban J connectivity index is 1.66. The number of esters is 1. The van der Waals surface area contributed by atoms with Crippen LogP contribution in [0.1, 0.15) is 82.8 Å². The van der Waals surface area contributed by atoms with Gasteiger partial charge >= 0.3 is 5.97 Å². The van der Waals surface area contributed by atoms with E-state index in [0.717, 1.165) is 43.4 Å². The molecule has 5 rings (SSSR count). The summed E-state index contributed by atoms with van der Waals surface area (Å²) in [6.45, 7) is 7.86. The molecule has 2 aromatic rings. The standard InChI is InChI=1S/C29H33NO5/c1-16-10-11-23-19(12-16)27(32)20(15-34-23)25-24(28(33)35-18-8-6-5-7-9-18)17(2)30-21-13-29(3,4)14-22(31)26(21)25/h10-12,15,18,25,30H,5-9,13-14H2,1-4H3. The molecule has 6 heteroatoms. The van der Waals surface area contributed by atoms with E-state index in [4.69, 9.17) is 9.15 Å². The van der Waals surface area contributed by atoms with Gasteiger partial charge in [0.05, 0.1) is 23.1 Å². The van der Waals surface area contributed by atoms with E-state index in [0.29, 0.717) is 46.2 Å². The maximum atomic E-state index is 13.8. The van der Waals surface area contributed by atoms with Gasteiger partial charge in [0.25, 0.3) is 0 Å². The van der Waals surface area contributed by atoms with Gasteiger partial charge < -0.3 is 14.5 Å². The molecule has 1 aromatic carbocycles. The van der Waals surface area contributed by atoms with E-state index in [-0.39, 0.29) is 22.7 Å². The number of ether oxygens (including phenoxy) is 1. The minimum absolute atomic E-state index is 0.0482. The van der Waals surface area contributed by atoms with Gasteiger partial charge in [-0.1, -0.05) is 31.9 Å². The summed E-state index contributed by atoms with van der Waals surface area (Å²) in [5.74, 6) is -1.32. The van der Waals surface area contributed by atoms with Crippen molar-refractivity contribution in [2.75, 3.05) is 0 Å². The molecule has 2 heterocycles. The van der Waals surface area contributed by atoms with E-state index < -0.39 is 11.9 Å². The number of carbonyl (C=O) groups is 2. The molecule has 1 fully saturated rings. The Morgan fingerprint density at radius 1 is 1.09 bits per heavy atom. The van der Waals surface area contributed by atoms with Crippen molar-refractivity contribution in [3.8, 4) is 0 Å². The van der Waals surface area contributed by atoms with Crippen LogP contribution in [0.3, 0.4) is 0 Å². The lowest BCUT2D eigenvalue weighted by molar-refractivity contribution is -0.146. The monoisotopic (exact) mass is 475 g/mol. The van der Waals surface area contributed by atoms with Crippen LogP contribution in [-0.4, -0.2) is 17.9 Å². The second-order valence-corrected chi connectivity index (χ2v) is 11.1. The van der Waals surface area contributed by atoms with Crippen LogP contribution in [0.2, 0.25) is 0 Å². The Kier molecular flexibility index (Phi) is 5.94. The van der Waals surface area contributed by atoms with Gasteiger partial charge in [-0.25, -0.2) is 4.79 Å². The molecule has 1 saturated carbocycles. The smallest absolute Gasteiger partial charge is 0.337 e. The third-order valence-electron chi connectivity index (χ3n) is 7.55. The molecule has 0 amide bonds. The molecular formula is C29H33NO5. The van der Waals surface area contributed by atoms with Crippen molar-refractivity contribution in [2.24, 2.45) is 5.41 Å². The van der Waals surface area contributed by atoms with Crippen molar-refractivity contribution in [1.82, 2.24) is 5.32 Å². The molecule has 6 nitrogen and oxygen atoms in total. The van der Waals surface area contributed by atoms with Gasteiger partial charge in [0.1, 0.15) is 11.7 Å². The van der Waals surface area contributed by atoms with Crippen LogP contribution in [0.15, 0.2) is 56.2 Å². The topological polar surface area (TPSA) is 85.6 Å². The van der Waals surface area contributed by atoms with Crippen LogP contribution in [0.4, 0.5) is 0 Å². The molecule has 35 heavy (non-hydrogen) atoms. The molecule has 0 spiro atoms. The molecule has 0 radical (unpaired) electrons. The maximum Gasteiger partial charge on any atom is 0.337 e. The number of fused-ring (bicyclic) bond motifs is 1. The van der Waals surface area contributed by atoms with E-state index in [2.05, 4.69) is 19.2 Å².